The molecule has 134 valence electrons. The van der Waals surface area contributed by atoms with E-state index in [2.05, 4.69) is 5.32 Å². The number of methoxy groups -OCH3 is 1. The summed E-state index contributed by atoms with van der Waals surface area (Å²) in [6.45, 7) is 0.299. The average molecular weight is 368 g/mol. The average Bonchev–Trinajstić information content (AvgIpc) is 2.58. The maximum atomic E-state index is 12.8. The van der Waals surface area contributed by atoms with Crippen molar-refractivity contribution in [2.75, 3.05) is 20.3 Å². The lowest BCUT2D eigenvalue weighted by Gasteiger charge is -2.11. The number of primary sulfonamides is 1. The Labute approximate surface area is 144 Å². The first-order valence-electron chi connectivity index (χ1n) is 7.18. The lowest BCUT2D eigenvalue weighted by atomic mass is 10.2. The van der Waals surface area contributed by atoms with Crippen molar-refractivity contribution in [3.63, 3.8) is 0 Å². The molecule has 7 nitrogen and oxygen atoms in total. The number of sulfonamides is 1. The molecule has 1 amide bonds. The topological polar surface area (TPSA) is 108 Å². The van der Waals surface area contributed by atoms with Gasteiger partial charge in [0, 0.05) is 0 Å². The minimum Gasteiger partial charge on any atom is -0.496 e. The van der Waals surface area contributed by atoms with Gasteiger partial charge in [0.25, 0.3) is 5.91 Å². The SMILES string of the molecule is COc1ccc(S(N)(=O)=O)cc1C(=O)NCCOc1ccc(F)cc1. The van der Waals surface area contributed by atoms with Crippen molar-refractivity contribution in [3.05, 3.63) is 53.8 Å². The molecule has 0 aliphatic carbocycles. The minimum atomic E-state index is -3.94. The van der Waals surface area contributed by atoms with Crippen LogP contribution in [0.5, 0.6) is 11.5 Å². The second-order valence-electron chi connectivity index (χ2n) is 4.97. The molecule has 0 radical (unpaired) electrons. The molecule has 0 spiro atoms. The second kappa shape index (κ2) is 7.95. The fourth-order valence-electron chi connectivity index (χ4n) is 2.00. The Morgan fingerprint density at radius 2 is 1.88 bits per heavy atom. The van der Waals surface area contributed by atoms with Gasteiger partial charge >= 0.3 is 0 Å². The zero-order valence-electron chi connectivity index (χ0n) is 13.4. The van der Waals surface area contributed by atoms with Gasteiger partial charge in [0.05, 0.1) is 24.1 Å². The van der Waals surface area contributed by atoms with Crippen LogP contribution in [0.3, 0.4) is 0 Å². The molecule has 0 bridgehead atoms. The summed E-state index contributed by atoms with van der Waals surface area (Å²) in [5, 5.41) is 7.65. The number of carbonyl (C=O) groups excluding carboxylic acids is 1. The summed E-state index contributed by atoms with van der Waals surface area (Å²) < 4.78 is 46.0. The van der Waals surface area contributed by atoms with E-state index in [1.165, 1.54) is 43.5 Å². The Morgan fingerprint density at radius 3 is 2.48 bits per heavy atom. The summed E-state index contributed by atoms with van der Waals surface area (Å²) in [7, 11) is -2.58. The summed E-state index contributed by atoms with van der Waals surface area (Å²) in [6, 6.07) is 9.21. The van der Waals surface area contributed by atoms with Crippen molar-refractivity contribution < 1.29 is 27.1 Å². The van der Waals surface area contributed by atoms with Gasteiger partial charge in [-0.05, 0) is 42.5 Å². The smallest absolute Gasteiger partial charge is 0.255 e. The lowest BCUT2D eigenvalue weighted by molar-refractivity contribution is 0.0943. The van der Waals surface area contributed by atoms with Gasteiger partial charge in [-0.1, -0.05) is 0 Å². The monoisotopic (exact) mass is 368 g/mol. The number of halogens is 1. The second-order valence-corrected chi connectivity index (χ2v) is 6.53. The Bertz CT molecular complexity index is 853. The van der Waals surface area contributed by atoms with E-state index in [4.69, 9.17) is 14.6 Å². The Kier molecular flexibility index (Phi) is 5.94. The molecule has 0 saturated heterocycles. The number of nitrogens with two attached hydrogens (primary N) is 1. The van der Waals surface area contributed by atoms with E-state index in [-0.39, 0.29) is 35.2 Å². The Balaban J connectivity index is 1.99. The van der Waals surface area contributed by atoms with Crippen LogP contribution < -0.4 is 19.9 Å². The molecular weight excluding hydrogens is 351 g/mol. The molecule has 0 unspecified atom stereocenters. The van der Waals surface area contributed by atoms with Crippen molar-refractivity contribution in [2.45, 2.75) is 4.90 Å². The highest BCUT2D eigenvalue weighted by Gasteiger charge is 2.17. The molecule has 3 N–H and O–H groups in total. The summed E-state index contributed by atoms with van der Waals surface area (Å²) in [5.74, 6) is -0.235. The number of nitrogens with one attached hydrogen (secondary N) is 1. The lowest BCUT2D eigenvalue weighted by Crippen LogP contribution is -2.28. The largest absolute Gasteiger partial charge is 0.496 e. The summed E-state index contributed by atoms with van der Waals surface area (Å²) in [6.07, 6.45) is 0. The number of carbonyl (C=O) groups is 1. The van der Waals surface area contributed by atoms with Crippen LogP contribution in [0.4, 0.5) is 4.39 Å². The number of hydrogen-bond acceptors (Lipinski definition) is 5. The predicted molar refractivity (Wildman–Crippen MR) is 88.6 cm³/mol. The highest BCUT2D eigenvalue weighted by atomic mass is 32.2. The van der Waals surface area contributed by atoms with Crippen molar-refractivity contribution in [1.82, 2.24) is 5.32 Å². The van der Waals surface area contributed by atoms with Crippen molar-refractivity contribution >= 4 is 15.9 Å². The summed E-state index contributed by atoms with van der Waals surface area (Å²) in [4.78, 5) is 12.0. The predicted octanol–water partition coefficient (Wildman–Crippen LogP) is 1.29. The fourth-order valence-corrected chi connectivity index (χ4v) is 2.54. The van der Waals surface area contributed by atoms with Crippen LogP contribution in [0.25, 0.3) is 0 Å². The highest BCUT2D eigenvalue weighted by molar-refractivity contribution is 7.89. The number of benzene rings is 2. The van der Waals surface area contributed by atoms with Crippen LogP contribution >= 0.6 is 0 Å². The molecule has 2 rings (SSSR count). The molecule has 0 aromatic heterocycles. The fraction of sp³-hybridized carbons (Fsp3) is 0.188. The standard InChI is InChI=1S/C16H17FN2O5S/c1-23-15-7-6-13(25(18,21)22)10-14(15)16(20)19-8-9-24-12-4-2-11(17)3-5-12/h2-7,10H,8-9H2,1H3,(H,19,20)(H2,18,21,22). The molecule has 25 heavy (non-hydrogen) atoms. The Morgan fingerprint density at radius 1 is 1.20 bits per heavy atom. The molecule has 2 aromatic rings. The van der Waals surface area contributed by atoms with Gasteiger partial charge in [-0.25, -0.2) is 17.9 Å². The molecule has 0 aliphatic rings. The van der Waals surface area contributed by atoms with Crippen LogP contribution in [-0.4, -0.2) is 34.6 Å². The van der Waals surface area contributed by atoms with Gasteiger partial charge in [0.15, 0.2) is 0 Å². The van der Waals surface area contributed by atoms with Crippen LogP contribution in [0.2, 0.25) is 0 Å². The highest BCUT2D eigenvalue weighted by Crippen LogP contribution is 2.21. The number of rotatable bonds is 7. The molecule has 0 aliphatic heterocycles. The number of amides is 1. The van der Waals surface area contributed by atoms with Crippen molar-refractivity contribution in [1.29, 1.82) is 0 Å². The van der Waals surface area contributed by atoms with Gasteiger partial charge in [0.2, 0.25) is 10.0 Å². The van der Waals surface area contributed by atoms with E-state index in [0.717, 1.165) is 6.07 Å². The Hall–Kier alpha value is -2.65. The normalized spacial score (nSPS) is 11.0. The molecule has 0 heterocycles. The zero-order chi connectivity index (χ0) is 18.4. The summed E-state index contributed by atoms with van der Waals surface area (Å²) in [5.41, 5.74) is 0.0378. The molecule has 0 atom stereocenters. The molecule has 0 fully saturated rings. The van der Waals surface area contributed by atoms with Gasteiger partial charge in [0.1, 0.15) is 23.9 Å². The van der Waals surface area contributed by atoms with E-state index >= 15 is 0 Å². The van der Waals surface area contributed by atoms with Gasteiger partial charge in [-0.2, -0.15) is 0 Å². The third kappa shape index (κ3) is 5.16. The van der Waals surface area contributed by atoms with Crippen LogP contribution in [0.1, 0.15) is 10.4 Å². The van der Waals surface area contributed by atoms with Gasteiger partial charge < -0.3 is 14.8 Å². The van der Waals surface area contributed by atoms with E-state index in [0.29, 0.717) is 5.75 Å². The van der Waals surface area contributed by atoms with E-state index < -0.39 is 15.9 Å². The number of ether oxygens (including phenoxy) is 2. The molecule has 0 saturated carbocycles. The maximum Gasteiger partial charge on any atom is 0.255 e. The number of hydrogen-bond donors (Lipinski definition) is 2. The van der Waals surface area contributed by atoms with Crippen LogP contribution in [0, 0.1) is 5.82 Å². The molecule has 9 heteroatoms. The van der Waals surface area contributed by atoms with E-state index in [1.807, 2.05) is 0 Å². The van der Waals surface area contributed by atoms with Gasteiger partial charge in [-0.15, -0.1) is 0 Å². The van der Waals surface area contributed by atoms with Crippen molar-refractivity contribution in [3.8, 4) is 11.5 Å². The third-order valence-corrected chi connectivity index (χ3v) is 4.13. The van der Waals surface area contributed by atoms with E-state index in [9.17, 15) is 17.6 Å². The zero-order valence-corrected chi connectivity index (χ0v) is 14.2. The quantitative estimate of drug-likeness (QED) is 0.716. The first kappa shape index (κ1) is 18.7. The summed E-state index contributed by atoms with van der Waals surface area (Å²) >= 11 is 0. The molecular formula is C16H17FN2O5S. The van der Waals surface area contributed by atoms with E-state index in [1.54, 1.807) is 0 Å². The van der Waals surface area contributed by atoms with Crippen LogP contribution in [0.15, 0.2) is 47.4 Å². The van der Waals surface area contributed by atoms with Crippen LogP contribution in [-0.2, 0) is 10.0 Å². The van der Waals surface area contributed by atoms with Crippen molar-refractivity contribution in [2.24, 2.45) is 5.14 Å². The molecule has 2 aromatic carbocycles. The van der Waals surface area contributed by atoms with Gasteiger partial charge in [-0.3, -0.25) is 4.79 Å². The minimum absolute atomic E-state index is 0.0378. The maximum absolute atomic E-state index is 12.8. The first-order chi connectivity index (χ1) is 11.8. The third-order valence-electron chi connectivity index (χ3n) is 3.21. The first-order valence-corrected chi connectivity index (χ1v) is 8.73.